The highest BCUT2D eigenvalue weighted by Gasteiger charge is 2.62. The molecule has 136 valence electrons. The molecule has 1 aromatic carbocycles. The highest BCUT2D eigenvalue weighted by molar-refractivity contribution is 7.78. The summed E-state index contributed by atoms with van der Waals surface area (Å²) in [5.41, 5.74) is 0.0880. The first-order valence-electron chi connectivity index (χ1n) is 8.29. The third-order valence-electron chi connectivity index (χ3n) is 4.47. The van der Waals surface area contributed by atoms with E-state index in [1.807, 2.05) is 44.2 Å². The maximum Gasteiger partial charge on any atom is 0.164 e. The summed E-state index contributed by atoms with van der Waals surface area (Å²) in [4.78, 5) is 3.97. The summed E-state index contributed by atoms with van der Waals surface area (Å²) in [6, 6.07) is 9.91. The third-order valence-corrected chi connectivity index (χ3v) is 4.60. The summed E-state index contributed by atoms with van der Waals surface area (Å²) in [5, 5.41) is 12.3. The average molecular weight is 365 g/mol. The molecule has 0 radical (unpaired) electrons. The smallest absolute Gasteiger partial charge is 0.164 e. The number of isothiocyanates is 1. The van der Waals surface area contributed by atoms with Crippen LogP contribution in [0.25, 0.3) is 0 Å². The molecule has 0 spiro atoms. The van der Waals surface area contributed by atoms with Crippen LogP contribution in [0, 0.1) is 0 Å². The number of fused-ring (bicyclic) bond motifs is 1. The summed E-state index contributed by atoms with van der Waals surface area (Å²) in [7, 11) is 0. The molecule has 2 aliphatic heterocycles. The molecule has 0 aliphatic carbocycles. The molecule has 2 fully saturated rings. The Balaban J connectivity index is 1.70. The minimum atomic E-state index is -0.995. The van der Waals surface area contributed by atoms with E-state index < -0.39 is 17.5 Å². The number of aliphatic hydroxyl groups is 1. The van der Waals surface area contributed by atoms with Gasteiger partial charge in [0.25, 0.3) is 0 Å². The fraction of sp³-hybridized carbons (Fsp3) is 0.611. The number of thiocarbonyl (C=S) groups is 1. The quantitative estimate of drug-likeness (QED) is 0.588. The fourth-order valence-corrected chi connectivity index (χ4v) is 3.43. The van der Waals surface area contributed by atoms with Crippen molar-refractivity contribution < 1.29 is 24.1 Å². The standard InChI is InChI=1S/C18H23NO5S/c1-17(2)23-15-14(9-21-8-13-6-4-3-5-7-13)22-18(11-20,10-19-12-25)16(15)24-17/h3-7,14-16,20H,8-11H2,1-2H3/t14-,15-,16-,18+/m1/s1. The second-order valence-electron chi connectivity index (χ2n) is 6.81. The number of aliphatic hydroxyl groups excluding tert-OH is 1. The minimum Gasteiger partial charge on any atom is -0.393 e. The first kappa shape index (κ1) is 18.6. The topological polar surface area (TPSA) is 69.5 Å². The zero-order valence-corrected chi connectivity index (χ0v) is 15.2. The highest BCUT2D eigenvalue weighted by Crippen LogP contribution is 2.44. The molecule has 0 saturated carbocycles. The van der Waals surface area contributed by atoms with E-state index in [1.54, 1.807) is 0 Å². The van der Waals surface area contributed by atoms with Crippen molar-refractivity contribution in [1.82, 2.24) is 0 Å². The van der Waals surface area contributed by atoms with Crippen LogP contribution in [0.3, 0.4) is 0 Å². The maximum absolute atomic E-state index is 9.96. The van der Waals surface area contributed by atoms with Gasteiger partial charge in [-0.2, -0.15) is 0 Å². The molecule has 1 aromatic rings. The number of nitrogens with zero attached hydrogens (tertiary/aromatic N) is 1. The number of aliphatic imine (C=N–C) groups is 1. The molecule has 0 unspecified atom stereocenters. The Morgan fingerprint density at radius 3 is 2.68 bits per heavy atom. The van der Waals surface area contributed by atoms with Gasteiger partial charge in [0.1, 0.15) is 23.9 Å². The predicted molar refractivity (Wildman–Crippen MR) is 94.5 cm³/mol. The minimum absolute atomic E-state index is 0.169. The van der Waals surface area contributed by atoms with Crippen LogP contribution in [-0.2, 0) is 25.6 Å². The Labute approximate surface area is 152 Å². The molecule has 0 aromatic heterocycles. The highest BCUT2D eigenvalue weighted by atomic mass is 32.1. The lowest BCUT2D eigenvalue weighted by Gasteiger charge is -2.31. The van der Waals surface area contributed by atoms with Crippen LogP contribution in [0.5, 0.6) is 0 Å². The lowest BCUT2D eigenvalue weighted by molar-refractivity contribution is -0.218. The van der Waals surface area contributed by atoms with Crippen molar-refractivity contribution in [3.8, 4) is 0 Å². The van der Waals surface area contributed by atoms with E-state index in [9.17, 15) is 5.11 Å². The second-order valence-corrected chi connectivity index (χ2v) is 6.99. The van der Waals surface area contributed by atoms with Crippen LogP contribution >= 0.6 is 12.2 Å². The lowest BCUT2D eigenvalue weighted by Crippen LogP contribution is -2.49. The Morgan fingerprint density at radius 2 is 2.00 bits per heavy atom. The molecule has 3 rings (SSSR count). The van der Waals surface area contributed by atoms with E-state index in [4.69, 9.17) is 18.9 Å². The van der Waals surface area contributed by atoms with E-state index in [0.29, 0.717) is 13.2 Å². The van der Waals surface area contributed by atoms with Crippen LogP contribution in [0.4, 0.5) is 0 Å². The van der Waals surface area contributed by atoms with Gasteiger partial charge in [-0.25, -0.2) is 4.99 Å². The predicted octanol–water partition coefficient (Wildman–Crippen LogP) is 1.96. The normalized spacial score (nSPS) is 33.0. The maximum atomic E-state index is 9.96. The lowest BCUT2D eigenvalue weighted by atomic mass is 9.95. The Morgan fingerprint density at radius 1 is 1.24 bits per heavy atom. The van der Waals surface area contributed by atoms with E-state index >= 15 is 0 Å². The molecule has 7 heteroatoms. The van der Waals surface area contributed by atoms with Gasteiger partial charge in [0.15, 0.2) is 5.79 Å². The first-order chi connectivity index (χ1) is 12.0. The van der Waals surface area contributed by atoms with Crippen molar-refractivity contribution in [2.75, 3.05) is 19.8 Å². The Hall–Kier alpha value is -1.18. The van der Waals surface area contributed by atoms with Crippen molar-refractivity contribution in [3.63, 3.8) is 0 Å². The fourth-order valence-electron chi connectivity index (χ4n) is 3.37. The number of hydrogen-bond donors (Lipinski definition) is 1. The summed E-state index contributed by atoms with van der Waals surface area (Å²) in [6.07, 6.45) is -1.13. The average Bonchev–Trinajstić information content (AvgIpc) is 3.07. The van der Waals surface area contributed by atoms with Crippen LogP contribution in [0.15, 0.2) is 35.3 Å². The van der Waals surface area contributed by atoms with Gasteiger partial charge in [-0.05, 0) is 31.6 Å². The van der Waals surface area contributed by atoms with E-state index in [0.717, 1.165) is 5.56 Å². The van der Waals surface area contributed by atoms with Gasteiger partial charge in [-0.3, -0.25) is 0 Å². The summed E-state index contributed by atoms with van der Waals surface area (Å²) in [6.45, 7) is 4.42. The van der Waals surface area contributed by atoms with E-state index in [1.165, 1.54) is 0 Å². The first-order valence-corrected chi connectivity index (χ1v) is 8.70. The molecular formula is C18H23NO5S. The van der Waals surface area contributed by atoms with Crippen LogP contribution in [0.1, 0.15) is 19.4 Å². The van der Waals surface area contributed by atoms with Crippen LogP contribution in [0.2, 0.25) is 0 Å². The zero-order chi connectivity index (χ0) is 17.9. The molecule has 0 amide bonds. The summed E-state index contributed by atoms with van der Waals surface area (Å²) >= 11 is 4.65. The number of benzene rings is 1. The molecule has 2 heterocycles. The monoisotopic (exact) mass is 365 g/mol. The molecule has 25 heavy (non-hydrogen) atoms. The third kappa shape index (κ3) is 3.99. The largest absolute Gasteiger partial charge is 0.393 e. The SMILES string of the molecule is CC1(C)O[C@H]2[C@@H](O1)[C@@](CO)(CN=C=S)O[C@@H]2COCc1ccccc1. The van der Waals surface area contributed by atoms with Crippen molar-refractivity contribution in [1.29, 1.82) is 0 Å². The molecular weight excluding hydrogens is 342 g/mol. The van der Waals surface area contributed by atoms with Crippen molar-refractivity contribution in [2.24, 2.45) is 4.99 Å². The van der Waals surface area contributed by atoms with E-state index in [-0.39, 0.29) is 25.4 Å². The van der Waals surface area contributed by atoms with Crippen molar-refractivity contribution in [2.45, 2.75) is 50.2 Å². The van der Waals surface area contributed by atoms with Crippen LogP contribution < -0.4 is 0 Å². The van der Waals surface area contributed by atoms with Gasteiger partial charge in [-0.1, -0.05) is 30.3 Å². The molecule has 1 N–H and O–H groups in total. The number of rotatable bonds is 7. The van der Waals surface area contributed by atoms with Crippen LogP contribution in [-0.4, -0.2) is 59.7 Å². The van der Waals surface area contributed by atoms with Gasteiger partial charge < -0.3 is 24.1 Å². The summed E-state index contributed by atoms with van der Waals surface area (Å²) in [5.74, 6) is -0.751. The molecule has 0 bridgehead atoms. The van der Waals surface area contributed by atoms with Gasteiger partial charge in [0, 0.05) is 0 Å². The molecule has 2 saturated heterocycles. The molecule has 2 aliphatic rings. The van der Waals surface area contributed by atoms with Gasteiger partial charge in [0.2, 0.25) is 0 Å². The van der Waals surface area contributed by atoms with Crippen molar-refractivity contribution in [3.05, 3.63) is 35.9 Å². The van der Waals surface area contributed by atoms with Gasteiger partial charge >= 0.3 is 0 Å². The Bertz CT molecular complexity index is 634. The summed E-state index contributed by atoms with van der Waals surface area (Å²) < 4.78 is 23.9. The van der Waals surface area contributed by atoms with Gasteiger partial charge in [0.05, 0.1) is 31.5 Å². The Kier molecular flexibility index (Phi) is 5.65. The second kappa shape index (κ2) is 7.60. The number of hydrogen-bond acceptors (Lipinski definition) is 7. The zero-order valence-electron chi connectivity index (χ0n) is 14.4. The van der Waals surface area contributed by atoms with Gasteiger partial charge in [-0.15, -0.1) is 0 Å². The van der Waals surface area contributed by atoms with E-state index in [2.05, 4.69) is 22.4 Å². The number of ether oxygens (including phenoxy) is 4. The van der Waals surface area contributed by atoms with Crippen molar-refractivity contribution >= 4 is 17.4 Å². The molecule has 4 atom stereocenters. The molecule has 6 nitrogen and oxygen atoms in total.